The number of ketones is 1. The second-order valence-corrected chi connectivity index (χ2v) is 6.99. The number of Topliss-reactive ketones (excluding diaryl/α,β-unsaturated/α-hetero) is 1. The number of aryl methyl sites for hydroxylation is 1. The summed E-state index contributed by atoms with van der Waals surface area (Å²) in [6, 6.07) is 7.37. The lowest BCUT2D eigenvalue weighted by atomic mass is 10.0. The van der Waals surface area contributed by atoms with Gasteiger partial charge in [-0.2, -0.15) is 0 Å². The first kappa shape index (κ1) is 20.7. The standard InChI is InChI=1S/C22H36O2/c1-2-3-4-5-6-7-8-9-10-14-21(23)15-12-11-13-20-16-18-22(24)19-17-20/h16-19,24H,2-15H2,1H3. The van der Waals surface area contributed by atoms with Crippen molar-refractivity contribution in [3.05, 3.63) is 29.8 Å². The van der Waals surface area contributed by atoms with Gasteiger partial charge in [0.1, 0.15) is 11.5 Å². The van der Waals surface area contributed by atoms with Gasteiger partial charge in [-0.1, -0.05) is 70.4 Å². The maximum atomic E-state index is 11.9. The number of unbranched alkanes of at least 4 members (excludes halogenated alkanes) is 9. The van der Waals surface area contributed by atoms with Gasteiger partial charge in [-0.3, -0.25) is 4.79 Å². The van der Waals surface area contributed by atoms with E-state index in [-0.39, 0.29) is 0 Å². The van der Waals surface area contributed by atoms with E-state index in [0.29, 0.717) is 11.5 Å². The molecule has 0 aromatic heterocycles. The molecule has 0 aliphatic carbocycles. The van der Waals surface area contributed by atoms with Crippen LogP contribution in [0.25, 0.3) is 0 Å². The number of carbonyl (C=O) groups is 1. The van der Waals surface area contributed by atoms with Crippen molar-refractivity contribution in [2.24, 2.45) is 0 Å². The molecule has 1 aromatic rings. The van der Waals surface area contributed by atoms with Crippen LogP contribution in [-0.2, 0) is 11.2 Å². The fourth-order valence-corrected chi connectivity index (χ4v) is 3.07. The van der Waals surface area contributed by atoms with Gasteiger partial charge in [0, 0.05) is 12.8 Å². The minimum absolute atomic E-state index is 0.315. The molecule has 0 saturated carbocycles. The van der Waals surface area contributed by atoms with Crippen LogP contribution in [0.4, 0.5) is 0 Å². The first-order valence-corrected chi connectivity index (χ1v) is 10.0. The van der Waals surface area contributed by atoms with Crippen LogP contribution in [0.1, 0.15) is 96.0 Å². The van der Waals surface area contributed by atoms with Crippen LogP contribution in [0, 0.1) is 0 Å². The van der Waals surface area contributed by atoms with E-state index in [9.17, 15) is 9.90 Å². The zero-order valence-corrected chi connectivity index (χ0v) is 15.6. The van der Waals surface area contributed by atoms with Crippen LogP contribution in [0.15, 0.2) is 24.3 Å². The van der Waals surface area contributed by atoms with Gasteiger partial charge in [0.25, 0.3) is 0 Å². The number of carbonyl (C=O) groups excluding carboxylic acids is 1. The number of benzene rings is 1. The van der Waals surface area contributed by atoms with E-state index in [0.717, 1.165) is 38.5 Å². The van der Waals surface area contributed by atoms with Crippen molar-refractivity contribution in [2.45, 2.75) is 96.8 Å². The van der Waals surface area contributed by atoms with Gasteiger partial charge >= 0.3 is 0 Å². The average Bonchev–Trinajstić information content (AvgIpc) is 2.59. The zero-order valence-electron chi connectivity index (χ0n) is 15.6. The van der Waals surface area contributed by atoms with Gasteiger partial charge in [0.15, 0.2) is 0 Å². The highest BCUT2D eigenvalue weighted by molar-refractivity contribution is 5.78. The van der Waals surface area contributed by atoms with Crippen molar-refractivity contribution < 1.29 is 9.90 Å². The summed E-state index contributed by atoms with van der Waals surface area (Å²) >= 11 is 0. The Bertz CT molecular complexity index is 422. The second-order valence-electron chi connectivity index (χ2n) is 6.99. The molecular formula is C22H36O2. The molecule has 1 aromatic carbocycles. The molecule has 0 saturated heterocycles. The van der Waals surface area contributed by atoms with E-state index in [1.807, 2.05) is 12.1 Å². The third kappa shape index (κ3) is 11.3. The molecule has 136 valence electrons. The molecule has 2 nitrogen and oxygen atoms in total. The molecule has 0 spiro atoms. The van der Waals surface area contributed by atoms with E-state index in [1.165, 1.54) is 56.9 Å². The van der Waals surface area contributed by atoms with E-state index in [1.54, 1.807) is 12.1 Å². The molecule has 0 amide bonds. The van der Waals surface area contributed by atoms with Crippen LogP contribution in [-0.4, -0.2) is 10.9 Å². The van der Waals surface area contributed by atoms with Gasteiger partial charge < -0.3 is 5.11 Å². The Morgan fingerprint density at radius 1 is 0.750 bits per heavy atom. The third-order valence-electron chi connectivity index (χ3n) is 4.67. The summed E-state index contributed by atoms with van der Waals surface area (Å²) in [5.74, 6) is 0.749. The van der Waals surface area contributed by atoms with E-state index in [2.05, 4.69) is 6.92 Å². The maximum Gasteiger partial charge on any atom is 0.132 e. The summed E-state index contributed by atoms with van der Waals surface area (Å²) in [5, 5.41) is 9.24. The largest absolute Gasteiger partial charge is 0.508 e. The smallest absolute Gasteiger partial charge is 0.132 e. The number of rotatable bonds is 15. The highest BCUT2D eigenvalue weighted by Gasteiger charge is 2.02. The van der Waals surface area contributed by atoms with Crippen LogP contribution in [0.2, 0.25) is 0 Å². The first-order chi connectivity index (χ1) is 11.7. The maximum absolute atomic E-state index is 11.9. The number of hydrogen-bond donors (Lipinski definition) is 1. The van der Waals surface area contributed by atoms with Crippen LogP contribution in [0.5, 0.6) is 5.75 Å². The molecular weight excluding hydrogens is 296 g/mol. The predicted octanol–water partition coefficient (Wildman–Crippen LogP) is 6.60. The Kier molecular flexibility index (Phi) is 12.2. The average molecular weight is 333 g/mol. The van der Waals surface area contributed by atoms with Crippen molar-refractivity contribution in [1.82, 2.24) is 0 Å². The summed E-state index contributed by atoms with van der Waals surface area (Å²) < 4.78 is 0. The Morgan fingerprint density at radius 3 is 1.83 bits per heavy atom. The molecule has 0 bridgehead atoms. The Labute approximate surface area is 148 Å². The van der Waals surface area contributed by atoms with E-state index >= 15 is 0 Å². The SMILES string of the molecule is CCCCCCCCCCCC(=O)CCCCc1ccc(O)cc1. The quantitative estimate of drug-likeness (QED) is 0.368. The first-order valence-electron chi connectivity index (χ1n) is 10.0. The molecule has 1 rings (SSSR count). The highest BCUT2D eigenvalue weighted by atomic mass is 16.3. The van der Waals surface area contributed by atoms with E-state index < -0.39 is 0 Å². The zero-order chi connectivity index (χ0) is 17.5. The molecule has 0 atom stereocenters. The fourth-order valence-electron chi connectivity index (χ4n) is 3.07. The van der Waals surface area contributed by atoms with Crippen molar-refractivity contribution in [2.75, 3.05) is 0 Å². The summed E-state index contributed by atoms with van der Waals surface area (Å²) in [7, 11) is 0. The summed E-state index contributed by atoms with van der Waals surface area (Å²) in [6.07, 6.45) is 16.3. The predicted molar refractivity (Wildman–Crippen MR) is 103 cm³/mol. The number of phenols is 1. The molecule has 0 aliphatic heterocycles. The van der Waals surface area contributed by atoms with Crippen molar-refractivity contribution in [1.29, 1.82) is 0 Å². The molecule has 24 heavy (non-hydrogen) atoms. The van der Waals surface area contributed by atoms with Gasteiger partial charge in [0.2, 0.25) is 0 Å². The lowest BCUT2D eigenvalue weighted by molar-refractivity contribution is -0.119. The normalized spacial score (nSPS) is 10.9. The van der Waals surface area contributed by atoms with Crippen molar-refractivity contribution in [3.63, 3.8) is 0 Å². The fraction of sp³-hybridized carbons (Fsp3) is 0.682. The van der Waals surface area contributed by atoms with Crippen LogP contribution in [0.3, 0.4) is 0 Å². The summed E-state index contributed by atoms with van der Waals surface area (Å²) in [4.78, 5) is 11.9. The number of phenolic OH excluding ortho intramolecular Hbond substituents is 1. The van der Waals surface area contributed by atoms with Gasteiger partial charge in [0.05, 0.1) is 0 Å². The lowest BCUT2D eigenvalue weighted by Gasteiger charge is -2.04. The topological polar surface area (TPSA) is 37.3 Å². The van der Waals surface area contributed by atoms with Crippen molar-refractivity contribution >= 4 is 5.78 Å². The molecule has 0 aliphatic rings. The van der Waals surface area contributed by atoms with Crippen molar-refractivity contribution in [3.8, 4) is 5.75 Å². The number of aromatic hydroxyl groups is 1. The summed E-state index contributed by atoms with van der Waals surface area (Å²) in [5.41, 5.74) is 1.24. The summed E-state index contributed by atoms with van der Waals surface area (Å²) in [6.45, 7) is 2.25. The Morgan fingerprint density at radius 2 is 1.25 bits per heavy atom. The second kappa shape index (κ2) is 14.1. The molecule has 1 N–H and O–H groups in total. The molecule has 0 heterocycles. The van der Waals surface area contributed by atoms with E-state index in [4.69, 9.17) is 0 Å². The van der Waals surface area contributed by atoms with Gasteiger partial charge in [-0.25, -0.2) is 0 Å². The Hall–Kier alpha value is -1.31. The molecule has 0 radical (unpaired) electrons. The number of hydrogen-bond acceptors (Lipinski definition) is 2. The Balaban J connectivity index is 1.88. The lowest BCUT2D eigenvalue weighted by Crippen LogP contribution is -1.98. The van der Waals surface area contributed by atoms with Gasteiger partial charge in [-0.15, -0.1) is 0 Å². The van der Waals surface area contributed by atoms with Gasteiger partial charge in [-0.05, 0) is 43.4 Å². The minimum atomic E-state index is 0.315. The molecule has 0 fully saturated rings. The minimum Gasteiger partial charge on any atom is -0.508 e. The molecule has 2 heteroatoms. The van der Waals surface area contributed by atoms with Crippen LogP contribution < -0.4 is 0 Å². The highest BCUT2D eigenvalue weighted by Crippen LogP contribution is 2.14. The molecule has 0 unspecified atom stereocenters. The third-order valence-corrected chi connectivity index (χ3v) is 4.67. The monoisotopic (exact) mass is 332 g/mol. The van der Waals surface area contributed by atoms with Crippen LogP contribution >= 0.6 is 0 Å².